The molecule has 0 fully saturated rings. The summed E-state index contributed by atoms with van der Waals surface area (Å²) in [7, 11) is 0. The van der Waals surface area contributed by atoms with Crippen LogP contribution in [0.1, 0.15) is 220 Å². The molecule has 1 atom stereocenters. The van der Waals surface area contributed by atoms with Crippen LogP contribution < -0.4 is 9.47 Å². The summed E-state index contributed by atoms with van der Waals surface area (Å²) in [6.07, 6.45) is 14.8. The molecule has 0 bridgehead atoms. The monoisotopic (exact) mass is 902 g/mol. The summed E-state index contributed by atoms with van der Waals surface area (Å²) >= 11 is 0. The van der Waals surface area contributed by atoms with Crippen molar-refractivity contribution >= 4 is 17.6 Å². The van der Waals surface area contributed by atoms with Crippen molar-refractivity contribution in [3.8, 4) is 17.2 Å². The Morgan fingerprint density at radius 3 is 1.26 bits per heavy atom. The topological polar surface area (TPSA) is 158 Å². The zero-order valence-corrected chi connectivity index (χ0v) is 42.7. The highest BCUT2D eigenvalue weighted by atomic mass is 16.6. The second-order valence-corrected chi connectivity index (χ2v) is 22.2. The zero-order chi connectivity index (χ0) is 49.1. The lowest BCUT2D eigenvalue weighted by molar-refractivity contribution is -0.394. The van der Waals surface area contributed by atoms with Gasteiger partial charge in [-0.25, -0.2) is 0 Å². The van der Waals surface area contributed by atoms with Crippen molar-refractivity contribution in [1.29, 1.82) is 0 Å². The molecule has 11 heteroatoms. The van der Waals surface area contributed by atoms with Crippen LogP contribution >= 0.6 is 0 Å². The van der Waals surface area contributed by atoms with Gasteiger partial charge in [-0.05, 0) is 76.8 Å². The number of unbranched alkanes of at least 4 members (excludes halogenated alkanes) is 10. The number of non-ortho nitro benzene ring substituents is 1. The van der Waals surface area contributed by atoms with Crippen molar-refractivity contribution in [2.45, 2.75) is 214 Å². The molecule has 0 saturated carbocycles. The van der Waals surface area contributed by atoms with Crippen LogP contribution in [-0.4, -0.2) is 45.5 Å². The summed E-state index contributed by atoms with van der Waals surface area (Å²) in [6, 6.07) is 8.89. The van der Waals surface area contributed by atoms with Gasteiger partial charge in [-0.15, -0.1) is 0 Å². The number of rotatable bonds is 23. The van der Waals surface area contributed by atoms with Crippen molar-refractivity contribution < 1.29 is 29.5 Å². The lowest BCUT2D eigenvalue weighted by Crippen LogP contribution is -2.40. The Morgan fingerprint density at radius 2 is 0.938 bits per heavy atom. The highest BCUT2D eigenvalue weighted by molar-refractivity contribution is 5.87. The summed E-state index contributed by atoms with van der Waals surface area (Å²) in [4.78, 5) is 27.0. The minimum atomic E-state index is -1.87. The van der Waals surface area contributed by atoms with Crippen molar-refractivity contribution in [2.24, 2.45) is 4.99 Å². The number of phenolic OH excluding ortho intramolecular Hbond substituents is 1. The normalized spacial score (nSPS) is 13.4. The third-order valence-corrected chi connectivity index (χ3v) is 12.3. The molecule has 0 saturated heterocycles. The van der Waals surface area contributed by atoms with Crippen LogP contribution in [0.2, 0.25) is 0 Å². The third kappa shape index (κ3) is 14.5. The molecule has 0 aliphatic rings. The minimum Gasteiger partial charge on any atom is -0.502 e. The average Bonchev–Trinajstić information content (AvgIpc) is 3.20. The van der Waals surface area contributed by atoms with E-state index in [4.69, 9.17) is 14.5 Å². The van der Waals surface area contributed by atoms with E-state index in [-0.39, 0.29) is 5.56 Å². The number of nitro benzene ring substituents is 2. The summed E-state index contributed by atoms with van der Waals surface area (Å²) in [5, 5.41) is 48.8. The lowest BCUT2D eigenvalue weighted by atomic mass is 9.71. The lowest BCUT2D eigenvalue weighted by Gasteiger charge is -2.39. The van der Waals surface area contributed by atoms with Gasteiger partial charge in [0.2, 0.25) is 5.75 Å². The van der Waals surface area contributed by atoms with Crippen molar-refractivity contribution in [1.82, 2.24) is 0 Å². The Labute approximate surface area is 391 Å². The molecule has 11 nitrogen and oxygen atoms in total. The quantitative estimate of drug-likeness (QED) is 0.0412. The Balaban J connectivity index is 2.47. The van der Waals surface area contributed by atoms with E-state index in [0.717, 1.165) is 84.4 Å². The van der Waals surface area contributed by atoms with Gasteiger partial charge < -0.3 is 19.7 Å². The fourth-order valence-corrected chi connectivity index (χ4v) is 8.27. The van der Waals surface area contributed by atoms with Crippen LogP contribution in [0.15, 0.2) is 41.4 Å². The SMILES string of the molecule is CCCCCCCCOc1c(C(C)(C)C)cc(C(O)(c2cc(C(C)(C)C)c(OCCCCCCCC)c(C(C)(C)C)c2)C(C)N=Cc2cc([N+](=O)[O-])cc([N+](=O)[O-])c2O)cc1C(C)(C)C. The third-order valence-electron chi connectivity index (χ3n) is 12.3. The van der Waals surface area contributed by atoms with Gasteiger partial charge in [0.25, 0.3) is 5.69 Å². The first kappa shape index (κ1) is 54.8. The molecule has 0 heterocycles. The standard InChI is InChI=1S/C54H83N3O8/c1-16-18-20-22-24-26-28-64-48-42(50(4,5)6)31-39(32-43(48)51(7,8)9)54(59,37(3)55-36-38-30-41(56(60)61)35-46(47(38)58)57(62)63)40-33-44(52(10,11)12)49(45(34-40)53(13,14)15)65-29-27-25-23-21-19-17-2/h30-37,58-59H,16-29H2,1-15H3. The number of ether oxygens (including phenoxy) is 2. The number of benzene rings is 3. The number of phenols is 1. The number of aliphatic hydroxyl groups is 1. The minimum absolute atomic E-state index is 0.214. The second kappa shape index (κ2) is 22.8. The van der Waals surface area contributed by atoms with Gasteiger partial charge in [-0.2, -0.15) is 0 Å². The van der Waals surface area contributed by atoms with Crippen LogP contribution in [0.25, 0.3) is 0 Å². The van der Waals surface area contributed by atoms with Crippen LogP contribution in [0, 0.1) is 20.2 Å². The molecule has 362 valence electrons. The number of nitrogens with zero attached hydrogens (tertiary/aromatic N) is 3. The number of hydrogen-bond donors (Lipinski definition) is 2. The van der Waals surface area contributed by atoms with E-state index in [9.17, 15) is 30.4 Å². The molecule has 0 spiro atoms. The van der Waals surface area contributed by atoms with Crippen LogP contribution in [-0.2, 0) is 27.3 Å². The van der Waals surface area contributed by atoms with Gasteiger partial charge in [0.1, 0.15) is 17.1 Å². The number of aliphatic imine (C=N–C) groups is 1. The molecule has 0 aliphatic carbocycles. The van der Waals surface area contributed by atoms with Crippen molar-refractivity contribution in [3.05, 3.63) is 95.6 Å². The largest absolute Gasteiger partial charge is 0.502 e. The van der Waals surface area contributed by atoms with Crippen LogP contribution in [0.5, 0.6) is 17.2 Å². The van der Waals surface area contributed by atoms with Gasteiger partial charge in [0.05, 0.1) is 35.2 Å². The fourth-order valence-electron chi connectivity index (χ4n) is 8.27. The number of hydrogen-bond acceptors (Lipinski definition) is 9. The Kier molecular flexibility index (Phi) is 19.2. The maximum absolute atomic E-state index is 14.0. The molecule has 1 unspecified atom stereocenters. The molecule has 0 radical (unpaired) electrons. The van der Waals surface area contributed by atoms with E-state index >= 15 is 0 Å². The fraction of sp³-hybridized carbons (Fsp3) is 0.648. The molecule has 3 rings (SSSR count). The highest BCUT2D eigenvalue weighted by Crippen LogP contribution is 2.49. The summed E-state index contributed by atoms with van der Waals surface area (Å²) in [6.45, 7) is 33.0. The van der Waals surface area contributed by atoms with E-state index in [1.165, 1.54) is 44.7 Å². The number of aromatic hydroxyl groups is 1. The predicted molar refractivity (Wildman–Crippen MR) is 267 cm³/mol. The molecular weight excluding hydrogens is 819 g/mol. The first-order valence-corrected chi connectivity index (χ1v) is 24.2. The summed E-state index contributed by atoms with van der Waals surface area (Å²) < 4.78 is 13.6. The molecule has 3 aromatic carbocycles. The first-order valence-electron chi connectivity index (χ1n) is 24.2. The first-order chi connectivity index (χ1) is 30.1. The summed E-state index contributed by atoms with van der Waals surface area (Å²) in [5.74, 6) is 0.853. The van der Waals surface area contributed by atoms with Crippen LogP contribution in [0.4, 0.5) is 11.4 Å². The molecule has 2 N–H and O–H groups in total. The van der Waals surface area contributed by atoms with Crippen LogP contribution in [0.3, 0.4) is 0 Å². The van der Waals surface area contributed by atoms with E-state index in [2.05, 4.69) is 96.9 Å². The second-order valence-electron chi connectivity index (χ2n) is 22.2. The average molecular weight is 902 g/mol. The maximum Gasteiger partial charge on any atom is 0.318 e. The van der Waals surface area contributed by atoms with Gasteiger partial charge in [0, 0.05) is 40.1 Å². The van der Waals surface area contributed by atoms with Gasteiger partial charge in [-0.3, -0.25) is 25.2 Å². The smallest absolute Gasteiger partial charge is 0.318 e. The predicted octanol–water partition coefficient (Wildman–Crippen LogP) is 14.6. The molecular formula is C54H83N3O8. The number of nitro groups is 2. The van der Waals surface area contributed by atoms with E-state index < -0.39 is 60.3 Å². The van der Waals surface area contributed by atoms with Gasteiger partial charge in [-0.1, -0.05) is 161 Å². The molecule has 0 amide bonds. The summed E-state index contributed by atoms with van der Waals surface area (Å²) in [5.41, 5.74) is -0.297. The molecule has 0 aliphatic heterocycles. The van der Waals surface area contributed by atoms with Crippen molar-refractivity contribution in [3.63, 3.8) is 0 Å². The van der Waals surface area contributed by atoms with E-state index in [1.807, 2.05) is 24.3 Å². The van der Waals surface area contributed by atoms with E-state index in [1.54, 1.807) is 6.92 Å². The Morgan fingerprint density at radius 1 is 0.585 bits per heavy atom. The molecule has 3 aromatic rings. The molecule has 0 aromatic heterocycles. The maximum atomic E-state index is 14.0. The van der Waals surface area contributed by atoms with E-state index in [0.29, 0.717) is 24.3 Å². The van der Waals surface area contributed by atoms with Crippen molar-refractivity contribution in [2.75, 3.05) is 13.2 Å². The zero-order valence-electron chi connectivity index (χ0n) is 42.7. The molecule has 65 heavy (non-hydrogen) atoms. The highest BCUT2D eigenvalue weighted by Gasteiger charge is 2.43. The Bertz CT molecular complexity index is 1930. The van der Waals surface area contributed by atoms with Gasteiger partial charge >= 0.3 is 5.69 Å². The van der Waals surface area contributed by atoms with Gasteiger partial charge in [0.15, 0.2) is 0 Å². The Hall–Kier alpha value is -4.51.